The average molecular weight is 281 g/mol. The molecule has 0 saturated carbocycles. The van der Waals surface area contributed by atoms with Gasteiger partial charge in [0, 0.05) is 32.3 Å². The first-order valence-corrected chi connectivity index (χ1v) is 6.59. The van der Waals surface area contributed by atoms with Crippen molar-refractivity contribution in [1.29, 1.82) is 0 Å². The lowest BCUT2D eigenvalue weighted by molar-refractivity contribution is -0.131. The van der Waals surface area contributed by atoms with Crippen LogP contribution in [0.25, 0.3) is 6.08 Å². The zero-order chi connectivity index (χ0) is 13.8. The van der Waals surface area contributed by atoms with Crippen LogP contribution in [0.3, 0.4) is 0 Å². The summed E-state index contributed by atoms with van der Waals surface area (Å²) in [6.45, 7) is 3.75. The van der Waals surface area contributed by atoms with Crippen molar-refractivity contribution >= 4 is 29.3 Å². The number of hydrogen-bond donors (Lipinski definition) is 1. The number of carboxylic acid groups (broad SMARTS) is 1. The molecule has 0 aliphatic carbocycles. The lowest BCUT2D eigenvalue weighted by Crippen LogP contribution is -2.44. The smallest absolute Gasteiger partial charge is 0.328 e. The maximum Gasteiger partial charge on any atom is 0.328 e. The summed E-state index contributed by atoms with van der Waals surface area (Å²) >= 11 is 6.28. The van der Waals surface area contributed by atoms with Gasteiger partial charge in [-0.15, -0.1) is 0 Å². The highest BCUT2D eigenvalue weighted by atomic mass is 35.5. The molecule has 102 valence electrons. The highest BCUT2D eigenvalue weighted by molar-refractivity contribution is 6.33. The van der Waals surface area contributed by atoms with Gasteiger partial charge in [-0.2, -0.15) is 0 Å². The van der Waals surface area contributed by atoms with E-state index in [2.05, 4.69) is 16.8 Å². The monoisotopic (exact) mass is 280 g/mol. The molecule has 1 aromatic carbocycles. The minimum absolute atomic E-state index is 0.664. The van der Waals surface area contributed by atoms with E-state index in [-0.39, 0.29) is 0 Å². The summed E-state index contributed by atoms with van der Waals surface area (Å²) in [6, 6.07) is 5.57. The Labute approximate surface area is 117 Å². The second-order valence-electron chi connectivity index (χ2n) is 4.64. The Hall–Kier alpha value is -1.52. The third-order valence-electron chi connectivity index (χ3n) is 3.24. The number of aliphatic carboxylic acids is 1. The molecular formula is C14H17ClN2O2. The summed E-state index contributed by atoms with van der Waals surface area (Å²) in [7, 11) is 2.09. The highest BCUT2D eigenvalue weighted by Crippen LogP contribution is 2.31. The summed E-state index contributed by atoms with van der Waals surface area (Å²) in [4.78, 5) is 15.1. The van der Waals surface area contributed by atoms with Crippen LogP contribution in [0.4, 0.5) is 5.69 Å². The number of rotatable bonds is 3. The molecule has 0 radical (unpaired) electrons. The fourth-order valence-electron chi connectivity index (χ4n) is 2.19. The van der Waals surface area contributed by atoms with Crippen molar-refractivity contribution in [2.45, 2.75) is 0 Å². The van der Waals surface area contributed by atoms with Crippen LogP contribution >= 0.6 is 11.6 Å². The second-order valence-corrected chi connectivity index (χ2v) is 5.05. The maximum absolute atomic E-state index is 10.6. The number of para-hydroxylation sites is 1. The molecule has 0 amide bonds. The lowest BCUT2D eigenvalue weighted by Gasteiger charge is -2.35. The molecule has 0 atom stereocenters. The van der Waals surface area contributed by atoms with E-state index in [0.29, 0.717) is 5.02 Å². The molecule has 5 heteroatoms. The number of carbonyl (C=O) groups is 1. The zero-order valence-corrected chi connectivity index (χ0v) is 11.6. The molecular weight excluding hydrogens is 264 g/mol. The summed E-state index contributed by atoms with van der Waals surface area (Å²) in [5.74, 6) is -0.954. The minimum atomic E-state index is -0.954. The van der Waals surface area contributed by atoms with Crippen LogP contribution in [0.1, 0.15) is 5.56 Å². The molecule has 2 rings (SSSR count). The predicted molar refractivity (Wildman–Crippen MR) is 77.8 cm³/mol. The molecule has 1 aliphatic rings. The van der Waals surface area contributed by atoms with Crippen LogP contribution < -0.4 is 4.90 Å². The van der Waals surface area contributed by atoms with Gasteiger partial charge in [0.25, 0.3) is 0 Å². The van der Waals surface area contributed by atoms with E-state index in [1.165, 1.54) is 0 Å². The van der Waals surface area contributed by atoms with E-state index >= 15 is 0 Å². The normalized spacial score (nSPS) is 17.1. The van der Waals surface area contributed by atoms with Crippen LogP contribution in [0.5, 0.6) is 0 Å². The fraction of sp³-hybridized carbons (Fsp3) is 0.357. The van der Waals surface area contributed by atoms with Gasteiger partial charge >= 0.3 is 5.97 Å². The quantitative estimate of drug-likeness (QED) is 0.862. The Balaban J connectivity index is 2.30. The first-order valence-electron chi connectivity index (χ1n) is 6.21. The molecule has 0 bridgehead atoms. The Bertz CT molecular complexity index is 494. The van der Waals surface area contributed by atoms with Gasteiger partial charge in [0.05, 0.1) is 10.7 Å². The van der Waals surface area contributed by atoms with Gasteiger partial charge in [0.15, 0.2) is 0 Å². The highest BCUT2D eigenvalue weighted by Gasteiger charge is 2.18. The standard InChI is InChI=1S/C14H17ClN2O2/c1-16-7-9-17(10-8-16)14-11(5-6-13(18)19)3-2-4-12(14)15/h2-6H,7-10H2,1H3,(H,18,19)/b6-5+. The molecule has 1 fully saturated rings. The average Bonchev–Trinajstić information content (AvgIpc) is 2.38. The molecule has 1 aromatic rings. The summed E-state index contributed by atoms with van der Waals surface area (Å²) in [6.07, 6.45) is 2.74. The first-order chi connectivity index (χ1) is 9.08. The van der Waals surface area contributed by atoms with Gasteiger partial charge in [0.1, 0.15) is 0 Å². The number of benzene rings is 1. The fourth-order valence-corrected chi connectivity index (χ4v) is 2.49. The number of carboxylic acids is 1. The van der Waals surface area contributed by atoms with E-state index < -0.39 is 5.97 Å². The van der Waals surface area contributed by atoms with Gasteiger partial charge in [-0.25, -0.2) is 4.79 Å². The Morgan fingerprint density at radius 3 is 2.63 bits per heavy atom. The third-order valence-corrected chi connectivity index (χ3v) is 3.55. The molecule has 0 spiro atoms. The molecule has 0 unspecified atom stereocenters. The van der Waals surface area contributed by atoms with Crippen LogP contribution in [0, 0.1) is 0 Å². The van der Waals surface area contributed by atoms with Gasteiger partial charge in [0.2, 0.25) is 0 Å². The number of nitrogens with zero attached hydrogens (tertiary/aromatic N) is 2. The Morgan fingerprint density at radius 2 is 2.00 bits per heavy atom. The van der Waals surface area contributed by atoms with E-state index in [0.717, 1.165) is 43.5 Å². The van der Waals surface area contributed by atoms with Crippen molar-refractivity contribution in [2.24, 2.45) is 0 Å². The van der Waals surface area contributed by atoms with Crippen molar-refractivity contribution < 1.29 is 9.90 Å². The second kappa shape index (κ2) is 6.08. The van der Waals surface area contributed by atoms with Crippen molar-refractivity contribution in [3.8, 4) is 0 Å². The third kappa shape index (κ3) is 3.49. The van der Waals surface area contributed by atoms with E-state index in [4.69, 9.17) is 16.7 Å². The van der Waals surface area contributed by atoms with E-state index in [9.17, 15) is 4.79 Å². The molecule has 4 nitrogen and oxygen atoms in total. The van der Waals surface area contributed by atoms with Gasteiger partial charge in [-0.05, 0) is 24.8 Å². The number of hydrogen-bond acceptors (Lipinski definition) is 3. The molecule has 1 saturated heterocycles. The predicted octanol–water partition coefficient (Wildman–Crippen LogP) is 2.19. The lowest BCUT2D eigenvalue weighted by atomic mass is 10.1. The van der Waals surface area contributed by atoms with Crippen molar-refractivity contribution in [1.82, 2.24) is 4.90 Å². The zero-order valence-electron chi connectivity index (χ0n) is 10.8. The van der Waals surface area contributed by atoms with E-state index in [1.54, 1.807) is 6.08 Å². The number of halogens is 1. The van der Waals surface area contributed by atoms with Crippen LogP contribution in [0.15, 0.2) is 24.3 Å². The van der Waals surface area contributed by atoms with Crippen molar-refractivity contribution in [3.63, 3.8) is 0 Å². The molecule has 0 aromatic heterocycles. The van der Waals surface area contributed by atoms with Gasteiger partial charge in [-0.1, -0.05) is 23.7 Å². The summed E-state index contributed by atoms with van der Waals surface area (Å²) in [5, 5.41) is 9.40. The van der Waals surface area contributed by atoms with Gasteiger partial charge < -0.3 is 14.9 Å². The SMILES string of the molecule is CN1CCN(c2c(Cl)cccc2/C=C/C(=O)O)CC1. The van der Waals surface area contributed by atoms with Crippen LogP contribution in [-0.4, -0.2) is 49.2 Å². The van der Waals surface area contributed by atoms with Crippen LogP contribution in [-0.2, 0) is 4.79 Å². The maximum atomic E-state index is 10.6. The molecule has 1 heterocycles. The molecule has 19 heavy (non-hydrogen) atoms. The Morgan fingerprint density at radius 1 is 1.32 bits per heavy atom. The first kappa shape index (κ1) is 13.9. The molecule has 1 aliphatic heterocycles. The molecule has 1 N–H and O–H groups in total. The van der Waals surface area contributed by atoms with Crippen LogP contribution in [0.2, 0.25) is 5.02 Å². The van der Waals surface area contributed by atoms with Crippen molar-refractivity contribution in [2.75, 3.05) is 38.1 Å². The number of anilines is 1. The topological polar surface area (TPSA) is 43.8 Å². The summed E-state index contributed by atoms with van der Waals surface area (Å²) < 4.78 is 0. The van der Waals surface area contributed by atoms with E-state index in [1.807, 2.05) is 18.2 Å². The minimum Gasteiger partial charge on any atom is -0.478 e. The van der Waals surface area contributed by atoms with Crippen molar-refractivity contribution in [3.05, 3.63) is 34.9 Å². The number of likely N-dealkylation sites (N-methyl/N-ethyl adjacent to an activating group) is 1. The Kier molecular flexibility index (Phi) is 4.45. The summed E-state index contributed by atoms with van der Waals surface area (Å²) in [5.41, 5.74) is 1.77. The number of piperazine rings is 1. The van der Waals surface area contributed by atoms with Gasteiger partial charge in [-0.3, -0.25) is 0 Å². The largest absolute Gasteiger partial charge is 0.478 e.